The molecule has 0 atom stereocenters. The summed E-state index contributed by atoms with van der Waals surface area (Å²) in [4.78, 5) is 22.2. The molecule has 2 amide bonds. The van der Waals surface area contributed by atoms with Gasteiger partial charge >= 0.3 is 6.09 Å². The Morgan fingerprint density at radius 2 is 2.14 bits per heavy atom. The third-order valence-electron chi connectivity index (χ3n) is 3.44. The SMILES string of the molecule is NC(=O)O[C@H]1C[C@@H](NCC(=O)NCc2cccc(Cl)c2F)C1. The van der Waals surface area contributed by atoms with Gasteiger partial charge in [-0.2, -0.15) is 0 Å². The zero-order chi connectivity index (χ0) is 16.1. The Morgan fingerprint density at radius 1 is 1.41 bits per heavy atom. The van der Waals surface area contributed by atoms with E-state index >= 15 is 0 Å². The van der Waals surface area contributed by atoms with Crippen LogP contribution in [0.15, 0.2) is 18.2 Å². The summed E-state index contributed by atoms with van der Waals surface area (Å²) in [7, 11) is 0. The van der Waals surface area contributed by atoms with Gasteiger partial charge in [-0.15, -0.1) is 0 Å². The molecule has 120 valence electrons. The van der Waals surface area contributed by atoms with E-state index in [0.717, 1.165) is 0 Å². The lowest BCUT2D eigenvalue weighted by Crippen LogP contribution is -2.49. The van der Waals surface area contributed by atoms with Crippen molar-refractivity contribution in [2.45, 2.75) is 31.5 Å². The molecule has 0 unspecified atom stereocenters. The van der Waals surface area contributed by atoms with Gasteiger partial charge in [0.1, 0.15) is 11.9 Å². The first-order valence-corrected chi connectivity index (χ1v) is 7.22. The van der Waals surface area contributed by atoms with Crippen LogP contribution in [-0.2, 0) is 16.1 Å². The van der Waals surface area contributed by atoms with E-state index in [1.54, 1.807) is 12.1 Å². The smallest absolute Gasteiger partial charge is 0.404 e. The molecular formula is C14H17ClFN3O3. The van der Waals surface area contributed by atoms with Crippen LogP contribution in [0.25, 0.3) is 0 Å². The summed E-state index contributed by atoms with van der Waals surface area (Å²) in [6.07, 6.45) is 0.279. The number of ether oxygens (including phenoxy) is 1. The van der Waals surface area contributed by atoms with E-state index < -0.39 is 11.9 Å². The second-order valence-corrected chi connectivity index (χ2v) is 5.50. The van der Waals surface area contributed by atoms with Crippen molar-refractivity contribution in [1.82, 2.24) is 10.6 Å². The molecule has 1 aliphatic rings. The third-order valence-corrected chi connectivity index (χ3v) is 3.73. The van der Waals surface area contributed by atoms with E-state index in [1.807, 2.05) is 0 Å². The van der Waals surface area contributed by atoms with Crippen LogP contribution >= 0.6 is 11.6 Å². The van der Waals surface area contributed by atoms with Gasteiger partial charge in [-0.25, -0.2) is 9.18 Å². The number of rotatable bonds is 6. The van der Waals surface area contributed by atoms with Crippen LogP contribution in [0.1, 0.15) is 18.4 Å². The average molecular weight is 330 g/mol. The van der Waals surface area contributed by atoms with Gasteiger partial charge in [0.2, 0.25) is 5.91 Å². The Kier molecular flexibility index (Phi) is 5.57. The Labute approximate surface area is 132 Å². The van der Waals surface area contributed by atoms with Crippen molar-refractivity contribution < 1.29 is 18.7 Å². The summed E-state index contributed by atoms with van der Waals surface area (Å²) in [6.45, 7) is 0.182. The molecule has 1 saturated carbocycles. The van der Waals surface area contributed by atoms with Gasteiger partial charge in [-0.05, 0) is 18.9 Å². The van der Waals surface area contributed by atoms with E-state index in [9.17, 15) is 14.0 Å². The number of hydrogen-bond acceptors (Lipinski definition) is 4. The molecule has 1 aromatic rings. The van der Waals surface area contributed by atoms with Crippen molar-refractivity contribution in [2.24, 2.45) is 5.73 Å². The highest BCUT2D eigenvalue weighted by molar-refractivity contribution is 6.30. The molecule has 0 aromatic heterocycles. The van der Waals surface area contributed by atoms with Crippen molar-refractivity contribution in [1.29, 1.82) is 0 Å². The normalized spacial score (nSPS) is 20.1. The second kappa shape index (κ2) is 7.42. The van der Waals surface area contributed by atoms with Gasteiger partial charge in [0.15, 0.2) is 0 Å². The predicted octanol–water partition coefficient (Wildman–Crippen LogP) is 1.31. The first-order valence-electron chi connectivity index (χ1n) is 6.84. The fourth-order valence-electron chi connectivity index (χ4n) is 2.17. The van der Waals surface area contributed by atoms with Crippen molar-refractivity contribution in [3.63, 3.8) is 0 Å². The lowest BCUT2D eigenvalue weighted by Gasteiger charge is -2.34. The minimum Gasteiger partial charge on any atom is -0.446 e. The minimum atomic E-state index is -0.787. The molecule has 0 heterocycles. The Hall–Kier alpha value is -1.86. The van der Waals surface area contributed by atoms with Gasteiger partial charge in [0, 0.05) is 18.2 Å². The number of carbonyl (C=O) groups is 2. The number of benzene rings is 1. The van der Waals surface area contributed by atoms with Gasteiger partial charge in [0.05, 0.1) is 11.6 Å². The predicted molar refractivity (Wildman–Crippen MR) is 78.7 cm³/mol. The highest BCUT2D eigenvalue weighted by Gasteiger charge is 2.31. The van der Waals surface area contributed by atoms with E-state index in [2.05, 4.69) is 10.6 Å². The minimum absolute atomic E-state index is 0.0276. The van der Waals surface area contributed by atoms with Crippen LogP contribution in [0.2, 0.25) is 5.02 Å². The summed E-state index contributed by atoms with van der Waals surface area (Å²) in [6, 6.07) is 4.74. The van der Waals surface area contributed by atoms with Crippen molar-refractivity contribution in [2.75, 3.05) is 6.54 Å². The van der Waals surface area contributed by atoms with Crippen molar-refractivity contribution in [3.05, 3.63) is 34.6 Å². The summed E-state index contributed by atoms with van der Waals surface area (Å²) in [5, 5.41) is 5.66. The Balaban J connectivity index is 1.65. The molecule has 1 aliphatic carbocycles. The quantitative estimate of drug-likeness (QED) is 0.733. The Morgan fingerprint density at radius 3 is 2.82 bits per heavy atom. The molecule has 1 aromatic carbocycles. The first kappa shape index (κ1) is 16.5. The molecule has 6 nitrogen and oxygen atoms in total. The lowest BCUT2D eigenvalue weighted by atomic mass is 9.89. The van der Waals surface area contributed by atoms with Crippen LogP contribution in [0.3, 0.4) is 0 Å². The summed E-state index contributed by atoms with van der Waals surface area (Å²) >= 11 is 5.66. The van der Waals surface area contributed by atoms with Gasteiger partial charge in [0.25, 0.3) is 0 Å². The monoisotopic (exact) mass is 329 g/mol. The fourth-order valence-corrected chi connectivity index (χ4v) is 2.37. The van der Waals surface area contributed by atoms with Crippen LogP contribution in [0, 0.1) is 5.82 Å². The van der Waals surface area contributed by atoms with Crippen molar-refractivity contribution in [3.8, 4) is 0 Å². The first-order chi connectivity index (χ1) is 10.5. The third kappa shape index (κ3) is 4.57. The highest BCUT2D eigenvalue weighted by Crippen LogP contribution is 2.23. The molecule has 22 heavy (non-hydrogen) atoms. The van der Waals surface area contributed by atoms with E-state index in [0.29, 0.717) is 18.4 Å². The molecule has 0 saturated heterocycles. The molecule has 2 rings (SSSR count). The summed E-state index contributed by atoms with van der Waals surface area (Å²) in [5.41, 5.74) is 5.24. The lowest BCUT2D eigenvalue weighted by molar-refractivity contribution is -0.120. The molecule has 0 bridgehead atoms. The number of nitrogens with one attached hydrogen (secondary N) is 2. The highest BCUT2D eigenvalue weighted by atomic mass is 35.5. The van der Waals surface area contributed by atoms with Crippen LogP contribution in [0.4, 0.5) is 9.18 Å². The van der Waals surface area contributed by atoms with Crippen LogP contribution in [0.5, 0.6) is 0 Å². The molecule has 4 N–H and O–H groups in total. The van der Waals surface area contributed by atoms with Crippen LogP contribution < -0.4 is 16.4 Å². The summed E-state index contributed by atoms with van der Waals surface area (Å²) < 4.78 is 18.4. The number of hydrogen-bond donors (Lipinski definition) is 3. The molecule has 1 fully saturated rings. The Bertz CT molecular complexity index is 564. The second-order valence-electron chi connectivity index (χ2n) is 5.10. The van der Waals surface area contributed by atoms with Gasteiger partial charge in [-0.1, -0.05) is 23.7 Å². The number of halogens is 2. The number of carbonyl (C=O) groups excluding carboxylic acids is 2. The fraction of sp³-hybridized carbons (Fsp3) is 0.429. The molecule has 0 aliphatic heterocycles. The zero-order valence-corrected chi connectivity index (χ0v) is 12.5. The maximum atomic E-state index is 13.6. The van der Waals surface area contributed by atoms with E-state index in [4.69, 9.17) is 22.1 Å². The summed E-state index contributed by atoms with van der Waals surface area (Å²) in [5.74, 6) is -0.776. The molecule has 0 spiro atoms. The topological polar surface area (TPSA) is 93.5 Å². The largest absolute Gasteiger partial charge is 0.446 e. The van der Waals surface area contributed by atoms with Crippen LogP contribution in [-0.4, -0.2) is 30.7 Å². The molecule has 0 radical (unpaired) electrons. The van der Waals surface area contributed by atoms with Gasteiger partial charge < -0.3 is 21.1 Å². The van der Waals surface area contributed by atoms with Gasteiger partial charge in [-0.3, -0.25) is 4.79 Å². The van der Waals surface area contributed by atoms with Crippen molar-refractivity contribution >= 4 is 23.6 Å². The number of primary amides is 1. The maximum absolute atomic E-state index is 13.6. The number of amides is 2. The number of nitrogens with two attached hydrogens (primary N) is 1. The standard InChI is InChI=1S/C14H17ClFN3O3/c15-11-3-1-2-8(13(11)16)6-19-12(20)7-18-9-4-10(5-9)22-14(17)21/h1-3,9-10,18H,4-7H2,(H2,17,21)(H,19,20)/t9-,10+. The van der Waals surface area contributed by atoms with E-state index in [-0.39, 0.29) is 36.2 Å². The molecule has 8 heteroatoms. The average Bonchev–Trinajstić information content (AvgIpc) is 2.42. The van der Waals surface area contributed by atoms with E-state index in [1.165, 1.54) is 6.07 Å². The molecular weight excluding hydrogens is 313 g/mol. The maximum Gasteiger partial charge on any atom is 0.404 e. The zero-order valence-electron chi connectivity index (χ0n) is 11.8.